The molecule has 1 aliphatic heterocycles. The highest BCUT2D eigenvalue weighted by Gasteiger charge is 2.27. The Balaban J connectivity index is 1.82. The maximum Gasteiger partial charge on any atom is 0.263 e. The van der Waals surface area contributed by atoms with Crippen molar-refractivity contribution in [3.63, 3.8) is 0 Å². The first-order valence-corrected chi connectivity index (χ1v) is 9.60. The fraction of sp³-hybridized carbons (Fsp3) is 0.571. The van der Waals surface area contributed by atoms with Crippen LogP contribution in [0.5, 0.6) is 5.75 Å². The third-order valence-electron chi connectivity index (χ3n) is 4.84. The molecule has 1 aliphatic rings. The summed E-state index contributed by atoms with van der Waals surface area (Å²) in [4.78, 5) is 39.2. The number of rotatable bonds is 7. The lowest BCUT2D eigenvalue weighted by atomic mass is 10.0. The molecule has 1 saturated heterocycles. The highest BCUT2D eigenvalue weighted by atomic mass is 16.5. The van der Waals surface area contributed by atoms with Gasteiger partial charge >= 0.3 is 0 Å². The number of piperazine rings is 1. The number of benzene rings is 1. The number of ether oxygens (including phenoxy) is 1. The van der Waals surface area contributed by atoms with Gasteiger partial charge in [0.05, 0.1) is 0 Å². The number of hydrogen-bond donors (Lipinski definition) is 0. The second-order valence-corrected chi connectivity index (χ2v) is 7.39. The second-order valence-electron chi connectivity index (χ2n) is 7.39. The van der Waals surface area contributed by atoms with Crippen molar-refractivity contribution in [3.05, 3.63) is 29.8 Å². The van der Waals surface area contributed by atoms with Gasteiger partial charge in [0, 0.05) is 39.0 Å². The van der Waals surface area contributed by atoms with Crippen LogP contribution in [0.15, 0.2) is 24.3 Å². The average Bonchev–Trinajstić information content (AvgIpc) is 2.66. The molecule has 1 aromatic rings. The number of carbonyl (C=O) groups is 3. The van der Waals surface area contributed by atoms with Gasteiger partial charge in [-0.2, -0.15) is 0 Å². The highest BCUT2D eigenvalue weighted by Crippen LogP contribution is 2.20. The monoisotopic (exact) mass is 374 g/mol. The van der Waals surface area contributed by atoms with Crippen molar-refractivity contribution >= 4 is 17.6 Å². The van der Waals surface area contributed by atoms with Crippen molar-refractivity contribution in [2.45, 2.75) is 52.6 Å². The maximum absolute atomic E-state index is 12.6. The van der Waals surface area contributed by atoms with Crippen LogP contribution in [0.25, 0.3) is 0 Å². The third-order valence-corrected chi connectivity index (χ3v) is 4.84. The molecular formula is C21H30N2O4. The Morgan fingerprint density at radius 2 is 1.48 bits per heavy atom. The Kier molecular flexibility index (Phi) is 7.39. The van der Waals surface area contributed by atoms with Gasteiger partial charge in [-0.3, -0.25) is 9.59 Å². The lowest BCUT2D eigenvalue weighted by Crippen LogP contribution is -2.53. The summed E-state index contributed by atoms with van der Waals surface area (Å²) in [6, 6.07) is 7.82. The third kappa shape index (κ3) is 6.08. The standard InChI is InChI=1S/C21H30N2O4/c1-15(2)18-6-8-19(9-7-18)27-17(4)21(26)23-13-11-22(12-14-23)20(25)10-5-16(3)24/h6-9,15,17H,5,10-14H2,1-4H3. The number of amides is 2. The molecule has 0 aromatic heterocycles. The van der Waals surface area contributed by atoms with Gasteiger partial charge in [-0.15, -0.1) is 0 Å². The SMILES string of the molecule is CC(=O)CCC(=O)N1CCN(C(=O)C(C)Oc2ccc(C(C)C)cc2)CC1. The quantitative estimate of drug-likeness (QED) is 0.736. The van der Waals surface area contributed by atoms with Gasteiger partial charge in [0.25, 0.3) is 5.91 Å². The van der Waals surface area contributed by atoms with Crippen molar-refractivity contribution in [2.24, 2.45) is 0 Å². The molecule has 6 nitrogen and oxygen atoms in total. The van der Waals surface area contributed by atoms with E-state index in [0.29, 0.717) is 37.8 Å². The van der Waals surface area contributed by atoms with Crippen LogP contribution in [-0.2, 0) is 14.4 Å². The Morgan fingerprint density at radius 1 is 0.926 bits per heavy atom. The lowest BCUT2D eigenvalue weighted by molar-refractivity contribution is -0.143. The number of hydrogen-bond acceptors (Lipinski definition) is 4. The highest BCUT2D eigenvalue weighted by molar-refractivity contribution is 5.84. The van der Waals surface area contributed by atoms with Gasteiger partial charge in [-0.1, -0.05) is 26.0 Å². The zero-order valence-electron chi connectivity index (χ0n) is 16.7. The van der Waals surface area contributed by atoms with E-state index in [1.807, 2.05) is 24.3 Å². The molecule has 27 heavy (non-hydrogen) atoms. The van der Waals surface area contributed by atoms with Crippen LogP contribution in [0.4, 0.5) is 0 Å². The van der Waals surface area contributed by atoms with Gasteiger partial charge in [0.2, 0.25) is 5.91 Å². The molecule has 6 heteroatoms. The molecule has 1 fully saturated rings. The van der Waals surface area contributed by atoms with Crippen molar-refractivity contribution in [1.82, 2.24) is 9.80 Å². The van der Waals surface area contributed by atoms with E-state index in [0.717, 1.165) is 0 Å². The summed E-state index contributed by atoms with van der Waals surface area (Å²) >= 11 is 0. The van der Waals surface area contributed by atoms with Crippen LogP contribution in [0.1, 0.15) is 52.0 Å². The van der Waals surface area contributed by atoms with Crippen LogP contribution in [-0.4, -0.2) is 59.7 Å². The molecule has 0 saturated carbocycles. The number of carbonyl (C=O) groups excluding carboxylic acids is 3. The molecule has 2 amide bonds. The van der Waals surface area contributed by atoms with E-state index in [9.17, 15) is 14.4 Å². The summed E-state index contributed by atoms with van der Waals surface area (Å²) in [5, 5.41) is 0. The zero-order valence-corrected chi connectivity index (χ0v) is 16.7. The largest absolute Gasteiger partial charge is 0.481 e. The van der Waals surface area contributed by atoms with Gasteiger partial charge in [0.1, 0.15) is 11.5 Å². The topological polar surface area (TPSA) is 66.9 Å². The van der Waals surface area contributed by atoms with E-state index in [-0.39, 0.29) is 30.4 Å². The van der Waals surface area contributed by atoms with Gasteiger partial charge in [0.15, 0.2) is 6.10 Å². The van der Waals surface area contributed by atoms with Crippen molar-refractivity contribution in [3.8, 4) is 5.75 Å². The molecule has 0 bridgehead atoms. The van der Waals surface area contributed by atoms with Gasteiger partial charge in [-0.05, 0) is 37.5 Å². The van der Waals surface area contributed by atoms with Crippen LogP contribution in [0, 0.1) is 0 Å². The summed E-state index contributed by atoms with van der Waals surface area (Å²) in [6.07, 6.45) is -0.0528. The minimum absolute atomic E-state index is 0.0181. The molecule has 0 N–H and O–H groups in total. The summed E-state index contributed by atoms with van der Waals surface area (Å²) < 4.78 is 5.79. The van der Waals surface area contributed by atoms with Crippen LogP contribution >= 0.6 is 0 Å². The van der Waals surface area contributed by atoms with E-state index in [4.69, 9.17) is 4.74 Å². The Labute approximate surface area is 161 Å². The summed E-state index contributed by atoms with van der Waals surface area (Å²) in [6.45, 7) is 9.48. The lowest BCUT2D eigenvalue weighted by Gasteiger charge is -2.36. The normalized spacial score (nSPS) is 15.6. The first kappa shape index (κ1) is 20.9. The molecule has 0 aliphatic carbocycles. The predicted molar refractivity (Wildman–Crippen MR) is 104 cm³/mol. The first-order chi connectivity index (χ1) is 12.8. The molecule has 2 rings (SSSR count). The van der Waals surface area contributed by atoms with E-state index in [1.165, 1.54) is 12.5 Å². The van der Waals surface area contributed by atoms with E-state index >= 15 is 0 Å². The number of Topliss-reactive ketones (excluding diaryl/α,β-unsaturated/α-hetero) is 1. The molecule has 1 unspecified atom stereocenters. The molecule has 148 valence electrons. The van der Waals surface area contributed by atoms with Crippen LogP contribution in [0.2, 0.25) is 0 Å². The molecule has 1 heterocycles. The molecule has 1 aromatic carbocycles. The average molecular weight is 374 g/mol. The number of nitrogens with zero attached hydrogens (tertiary/aromatic N) is 2. The predicted octanol–water partition coefficient (Wildman–Crippen LogP) is 2.62. The second kappa shape index (κ2) is 9.53. The maximum atomic E-state index is 12.6. The molecular weight excluding hydrogens is 344 g/mol. The van der Waals surface area contributed by atoms with Crippen molar-refractivity contribution in [1.29, 1.82) is 0 Å². The molecule has 0 spiro atoms. The molecule has 1 atom stereocenters. The fourth-order valence-electron chi connectivity index (χ4n) is 3.06. The summed E-state index contributed by atoms with van der Waals surface area (Å²) in [5.74, 6) is 1.06. The van der Waals surface area contributed by atoms with E-state index in [1.54, 1.807) is 16.7 Å². The number of ketones is 1. The van der Waals surface area contributed by atoms with Crippen LogP contribution in [0.3, 0.4) is 0 Å². The zero-order chi connectivity index (χ0) is 20.0. The van der Waals surface area contributed by atoms with Gasteiger partial charge < -0.3 is 19.3 Å². The van der Waals surface area contributed by atoms with E-state index in [2.05, 4.69) is 13.8 Å². The summed E-state index contributed by atoms with van der Waals surface area (Å²) in [7, 11) is 0. The molecule has 0 radical (unpaired) electrons. The minimum Gasteiger partial charge on any atom is -0.481 e. The smallest absolute Gasteiger partial charge is 0.263 e. The van der Waals surface area contributed by atoms with Crippen LogP contribution < -0.4 is 4.74 Å². The fourth-order valence-corrected chi connectivity index (χ4v) is 3.06. The summed E-state index contributed by atoms with van der Waals surface area (Å²) in [5.41, 5.74) is 1.23. The Bertz CT molecular complexity index is 661. The first-order valence-electron chi connectivity index (χ1n) is 9.60. The van der Waals surface area contributed by atoms with Crippen molar-refractivity contribution in [2.75, 3.05) is 26.2 Å². The minimum atomic E-state index is -0.574. The van der Waals surface area contributed by atoms with E-state index < -0.39 is 6.10 Å². The Hall–Kier alpha value is -2.37. The Morgan fingerprint density at radius 3 is 2.00 bits per heavy atom. The van der Waals surface area contributed by atoms with Gasteiger partial charge in [-0.25, -0.2) is 0 Å². The van der Waals surface area contributed by atoms with Crippen molar-refractivity contribution < 1.29 is 19.1 Å².